The second-order valence-corrected chi connectivity index (χ2v) is 5.93. The van der Waals surface area contributed by atoms with Crippen LogP contribution in [-0.2, 0) is 9.59 Å². The van der Waals surface area contributed by atoms with Gasteiger partial charge in [0, 0.05) is 12.1 Å². The highest BCUT2D eigenvalue weighted by Gasteiger charge is 2.16. The average Bonchev–Trinajstić information content (AvgIpc) is 2.61. The fraction of sp³-hybridized carbons (Fsp3) is 0.300. The van der Waals surface area contributed by atoms with Gasteiger partial charge in [0.15, 0.2) is 0 Å². The Bertz CT molecular complexity index is 687. The molecule has 0 aromatic heterocycles. The zero-order valence-corrected chi connectivity index (χ0v) is 14.3. The molecule has 0 heterocycles. The summed E-state index contributed by atoms with van der Waals surface area (Å²) < 4.78 is 13.1. The van der Waals surface area contributed by atoms with Crippen LogP contribution in [0, 0.1) is 5.82 Å². The number of hydrogen-bond donors (Lipinski definition) is 2. The van der Waals surface area contributed by atoms with E-state index in [1.165, 1.54) is 12.1 Å². The smallest absolute Gasteiger partial charge is 0.243 e. The molecule has 0 saturated carbocycles. The zero-order valence-electron chi connectivity index (χ0n) is 14.3. The molecule has 0 spiro atoms. The van der Waals surface area contributed by atoms with Crippen molar-refractivity contribution in [2.24, 2.45) is 0 Å². The summed E-state index contributed by atoms with van der Waals surface area (Å²) >= 11 is 0. The van der Waals surface area contributed by atoms with Crippen LogP contribution in [-0.4, -0.2) is 18.4 Å². The molecule has 25 heavy (non-hydrogen) atoms. The molecule has 2 aromatic carbocycles. The topological polar surface area (TPSA) is 58.2 Å². The van der Waals surface area contributed by atoms with Gasteiger partial charge < -0.3 is 10.6 Å². The maximum Gasteiger partial charge on any atom is 0.243 e. The molecule has 0 fully saturated rings. The molecule has 5 heteroatoms. The Kier molecular flexibility index (Phi) is 7.14. The highest BCUT2D eigenvalue weighted by Crippen LogP contribution is 2.25. The van der Waals surface area contributed by atoms with E-state index in [4.69, 9.17) is 0 Å². The Labute approximate surface area is 147 Å². The van der Waals surface area contributed by atoms with Gasteiger partial charge in [-0.1, -0.05) is 43.7 Å². The van der Waals surface area contributed by atoms with Crippen molar-refractivity contribution in [3.05, 3.63) is 66.0 Å². The summed E-state index contributed by atoms with van der Waals surface area (Å²) in [6, 6.07) is 15.3. The van der Waals surface area contributed by atoms with Crippen molar-refractivity contribution in [3.63, 3.8) is 0 Å². The number of amides is 2. The van der Waals surface area contributed by atoms with Crippen LogP contribution in [0.2, 0.25) is 0 Å². The lowest BCUT2D eigenvalue weighted by molar-refractivity contribution is -0.124. The van der Waals surface area contributed by atoms with Crippen LogP contribution in [0.4, 0.5) is 10.1 Å². The zero-order chi connectivity index (χ0) is 18.1. The fourth-order valence-electron chi connectivity index (χ4n) is 2.67. The van der Waals surface area contributed by atoms with Crippen molar-refractivity contribution in [2.75, 3.05) is 11.9 Å². The summed E-state index contributed by atoms with van der Waals surface area (Å²) in [5.41, 5.74) is 1.63. The van der Waals surface area contributed by atoms with Crippen LogP contribution in [0.1, 0.15) is 37.7 Å². The van der Waals surface area contributed by atoms with E-state index in [2.05, 4.69) is 10.6 Å². The van der Waals surface area contributed by atoms with Crippen LogP contribution in [0.3, 0.4) is 0 Å². The van der Waals surface area contributed by atoms with Crippen molar-refractivity contribution >= 4 is 17.5 Å². The van der Waals surface area contributed by atoms with E-state index in [-0.39, 0.29) is 36.5 Å². The number of nitrogens with one attached hydrogen (secondary N) is 2. The number of benzene rings is 2. The molecule has 2 amide bonds. The normalized spacial score (nSPS) is 11.6. The van der Waals surface area contributed by atoms with Crippen molar-refractivity contribution in [1.82, 2.24) is 5.32 Å². The third-order valence-electron chi connectivity index (χ3n) is 3.91. The Morgan fingerprint density at radius 1 is 1.00 bits per heavy atom. The van der Waals surface area contributed by atoms with Gasteiger partial charge in [-0.05, 0) is 42.2 Å². The van der Waals surface area contributed by atoms with Crippen molar-refractivity contribution in [1.29, 1.82) is 0 Å². The Morgan fingerprint density at radius 3 is 2.32 bits per heavy atom. The first-order valence-corrected chi connectivity index (χ1v) is 8.45. The number of halogens is 1. The van der Waals surface area contributed by atoms with Gasteiger partial charge in [0.25, 0.3) is 0 Å². The maximum absolute atomic E-state index is 13.1. The number of rotatable bonds is 8. The van der Waals surface area contributed by atoms with Gasteiger partial charge in [-0.2, -0.15) is 0 Å². The van der Waals surface area contributed by atoms with E-state index in [1.807, 2.05) is 25.1 Å². The minimum absolute atomic E-state index is 0.0165. The minimum Gasteiger partial charge on any atom is -0.347 e. The molecular formula is C20H23FN2O2. The summed E-state index contributed by atoms with van der Waals surface area (Å²) in [6.07, 6.45) is 2.02. The summed E-state index contributed by atoms with van der Waals surface area (Å²) in [5, 5.41) is 5.37. The summed E-state index contributed by atoms with van der Waals surface area (Å²) in [5.74, 6) is -0.733. The highest BCUT2D eigenvalue weighted by atomic mass is 19.1. The van der Waals surface area contributed by atoms with Gasteiger partial charge in [-0.15, -0.1) is 0 Å². The SMILES string of the molecule is CCCC(CC(=O)NCC(=O)Nc1ccccc1)c1ccc(F)cc1. The first-order valence-electron chi connectivity index (χ1n) is 8.45. The van der Waals surface area contributed by atoms with Gasteiger partial charge in [-0.25, -0.2) is 4.39 Å². The minimum atomic E-state index is -0.291. The lowest BCUT2D eigenvalue weighted by Gasteiger charge is -2.16. The largest absolute Gasteiger partial charge is 0.347 e. The predicted molar refractivity (Wildman–Crippen MR) is 96.7 cm³/mol. The molecule has 2 N–H and O–H groups in total. The summed E-state index contributed by atoms with van der Waals surface area (Å²) in [6.45, 7) is 1.97. The Morgan fingerprint density at radius 2 is 1.68 bits per heavy atom. The molecule has 0 bridgehead atoms. The van der Waals surface area contributed by atoms with Gasteiger partial charge in [0.2, 0.25) is 11.8 Å². The van der Waals surface area contributed by atoms with E-state index < -0.39 is 0 Å². The van der Waals surface area contributed by atoms with E-state index in [1.54, 1.807) is 24.3 Å². The summed E-state index contributed by atoms with van der Waals surface area (Å²) in [7, 11) is 0. The van der Waals surface area contributed by atoms with E-state index in [9.17, 15) is 14.0 Å². The standard InChI is InChI=1S/C20H23FN2O2/c1-2-6-16(15-9-11-17(21)12-10-15)13-19(24)22-14-20(25)23-18-7-4-3-5-8-18/h3-5,7-12,16H,2,6,13-14H2,1H3,(H,22,24)(H,23,25). The summed E-state index contributed by atoms with van der Waals surface area (Å²) in [4.78, 5) is 24.0. The molecule has 1 unspecified atom stereocenters. The molecule has 132 valence electrons. The first kappa shape index (κ1) is 18.6. The fourth-order valence-corrected chi connectivity index (χ4v) is 2.67. The lowest BCUT2D eigenvalue weighted by atomic mass is 9.91. The second-order valence-electron chi connectivity index (χ2n) is 5.93. The molecule has 2 rings (SSSR count). The third kappa shape index (κ3) is 6.37. The average molecular weight is 342 g/mol. The number of anilines is 1. The molecule has 0 aliphatic heterocycles. The first-order chi connectivity index (χ1) is 12.1. The van der Waals surface area contributed by atoms with Crippen molar-refractivity contribution in [2.45, 2.75) is 32.1 Å². The molecule has 0 aliphatic rings. The third-order valence-corrected chi connectivity index (χ3v) is 3.91. The quantitative estimate of drug-likeness (QED) is 0.765. The van der Waals surface area contributed by atoms with Crippen LogP contribution < -0.4 is 10.6 Å². The van der Waals surface area contributed by atoms with Crippen LogP contribution in [0.25, 0.3) is 0 Å². The predicted octanol–water partition coefficient (Wildman–Crippen LogP) is 3.85. The number of hydrogen-bond acceptors (Lipinski definition) is 2. The number of para-hydroxylation sites is 1. The molecule has 4 nitrogen and oxygen atoms in total. The molecule has 0 radical (unpaired) electrons. The second kappa shape index (κ2) is 9.57. The van der Waals surface area contributed by atoms with E-state index in [0.717, 1.165) is 18.4 Å². The Hall–Kier alpha value is -2.69. The number of carbonyl (C=O) groups is 2. The number of carbonyl (C=O) groups excluding carboxylic acids is 2. The van der Waals surface area contributed by atoms with Crippen LogP contribution in [0.5, 0.6) is 0 Å². The molecule has 2 aromatic rings. The molecule has 0 saturated heterocycles. The van der Waals surface area contributed by atoms with E-state index >= 15 is 0 Å². The lowest BCUT2D eigenvalue weighted by Crippen LogP contribution is -2.33. The van der Waals surface area contributed by atoms with Gasteiger partial charge in [-0.3, -0.25) is 9.59 Å². The van der Waals surface area contributed by atoms with E-state index in [0.29, 0.717) is 5.69 Å². The van der Waals surface area contributed by atoms with Gasteiger partial charge in [0.05, 0.1) is 6.54 Å². The molecular weight excluding hydrogens is 319 g/mol. The Balaban J connectivity index is 1.84. The van der Waals surface area contributed by atoms with Gasteiger partial charge in [0.1, 0.15) is 5.82 Å². The van der Waals surface area contributed by atoms with Gasteiger partial charge >= 0.3 is 0 Å². The molecule has 1 atom stereocenters. The van der Waals surface area contributed by atoms with Crippen LogP contribution in [0.15, 0.2) is 54.6 Å². The van der Waals surface area contributed by atoms with Crippen molar-refractivity contribution < 1.29 is 14.0 Å². The van der Waals surface area contributed by atoms with Crippen LogP contribution >= 0.6 is 0 Å². The highest BCUT2D eigenvalue weighted by molar-refractivity contribution is 5.94. The van der Waals surface area contributed by atoms with Crippen molar-refractivity contribution in [3.8, 4) is 0 Å². The monoisotopic (exact) mass is 342 g/mol. The molecule has 0 aliphatic carbocycles. The maximum atomic E-state index is 13.1.